The van der Waals surface area contributed by atoms with Gasteiger partial charge in [-0.25, -0.2) is 4.79 Å². The van der Waals surface area contributed by atoms with Gasteiger partial charge in [-0.05, 0) is 41.5 Å². The van der Waals surface area contributed by atoms with E-state index in [0.717, 1.165) is 6.42 Å². The Balaban J connectivity index is 1.23. The maximum absolute atomic E-state index is 12.5. The van der Waals surface area contributed by atoms with Crippen molar-refractivity contribution >= 4 is 12.1 Å². The van der Waals surface area contributed by atoms with Crippen LogP contribution in [0.25, 0.3) is 11.1 Å². The Kier molecular flexibility index (Phi) is 3.93. The Hall–Kier alpha value is -2.82. The fraction of sp³-hybridized carbons (Fsp3) is 0.391. The van der Waals surface area contributed by atoms with Crippen molar-refractivity contribution in [3.8, 4) is 11.1 Å². The Labute approximate surface area is 163 Å². The minimum absolute atomic E-state index is 0.00532. The number of benzene rings is 2. The van der Waals surface area contributed by atoms with Gasteiger partial charge in [0.15, 0.2) is 0 Å². The summed E-state index contributed by atoms with van der Waals surface area (Å²) in [6, 6.07) is 16.6. The number of likely N-dealkylation sites (tertiary alicyclic amines) is 1. The molecule has 2 aromatic carbocycles. The second kappa shape index (κ2) is 6.36. The number of rotatable bonds is 3. The molecule has 1 heterocycles. The average molecular weight is 377 g/mol. The van der Waals surface area contributed by atoms with Gasteiger partial charge in [0.05, 0.1) is 5.92 Å². The quantitative estimate of drug-likeness (QED) is 0.874. The van der Waals surface area contributed by atoms with Crippen molar-refractivity contribution in [1.29, 1.82) is 0 Å². The number of hydrogen-bond acceptors (Lipinski definition) is 3. The molecule has 0 radical (unpaired) electrons. The lowest BCUT2D eigenvalue weighted by molar-refractivity contribution is -0.142. The molecular weight excluding hydrogens is 354 g/mol. The van der Waals surface area contributed by atoms with Gasteiger partial charge in [0.1, 0.15) is 6.61 Å². The third kappa shape index (κ3) is 2.68. The highest BCUT2D eigenvalue weighted by Crippen LogP contribution is 2.49. The molecule has 1 aliphatic heterocycles. The van der Waals surface area contributed by atoms with Crippen LogP contribution < -0.4 is 0 Å². The van der Waals surface area contributed by atoms with Crippen LogP contribution in [0.15, 0.2) is 48.5 Å². The Morgan fingerprint density at radius 2 is 1.64 bits per heavy atom. The minimum atomic E-state index is -0.712. The van der Waals surface area contributed by atoms with Crippen LogP contribution in [0.4, 0.5) is 4.79 Å². The fourth-order valence-corrected chi connectivity index (χ4v) is 5.28. The van der Waals surface area contributed by atoms with Crippen molar-refractivity contribution in [2.45, 2.75) is 25.2 Å². The lowest BCUT2D eigenvalue weighted by atomic mass is 9.78. The number of ether oxygens (including phenoxy) is 1. The number of amides is 1. The summed E-state index contributed by atoms with van der Waals surface area (Å²) in [5.74, 6) is -0.907. The van der Waals surface area contributed by atoms with Crippen LogP contribution in [0, 0.1) is 11.3 Å². The van der Waals surface area contributed by atoms with E-state index in [9.17, 15) is 14.7 Å². The molecule has 3 aliphatic rings. The van der Waals surface area contributed by atoms with Crippen LogP contribution in [-0.4, -0.2) is 41.8 Å². The molecule has 1 saturated heterocycles. The molecule has 2 aromatic rings. The summed E-state index contributed by atoms with van der Waals surface area (Å²) in [6.07, 6.45) is 1.99. The second-order valence-electron chi connectivity index (χ2n) is 8.44. The van der Waals surface area contributed by atoms with Crippen molar-refractivity contribution in [3.05, 3.63) is 59.7 Å². The largest absolute Gasteiger partial charge is 0.481 e. The number of fused-ring (bicyclic) bond motifs is 3. The van der Waals surface area contributed by atoms with Gasteiger partial charge in [-0.2, -0.15) is 0 Å². The highest BCUT2D eigenvalue weighted by molar-refractivity contribution is 5.79. The van der Waals surface area contributed by atoms with Gasteiger partial charge in [0.2, 0.25) is 0 Å². The van der Waals surface area contributed by atoms with Crippen LogP contribution >= 0.6 is 0 Å². The number of nitrogens with zero attached hydrogens (tertiary/aromatic N) is 1. The zero-order valence-electron chi connectivity index (χ0n) is 15.6. The first-order chi connectivity index (χ1) is 13.6. The zero-order valence-corrected chi connectivity index (χ0v) is 15.6. The normalized spacial score (nSPS) is 21.9. The van der Waals surface area contributed by atoms with E-state index < -0.39 is 5.97 Å². The number of carboxylic acid groups (broad SMARTS) is 1. The standard InChI is InChI=1S/C23H23NO4/c25-21(26)15-9-10-23(11-15)13-24(14-23)22(27)28-12-20-18-7-3-1-5-16(18)17-6-2-4-8-19(17)20/h1-8,15,20H,9-14H2,(H,25,26). The minimum Gasteiger partial charge on any atom is -0.481 e. The Bertz CT molecular complexity index is 902. The van der Waals surface area contributed by atoms with Crippen LogP contribution in [0.5, 0.6) is 0 Å². The second-order valence-corrected chi connectivity index (χ2v) is 8.44. The summed E-state index contributed by atoms with van der Waals surface area (Å²) in [5.41, 5.74) is 4.84. The molecule has 0 aromatic heterocycles. The molecule has 1 spiro atoms. The Morgan fingerprint density at radius 1 is 1.04 bits per heavy atom. The lowest BCUT2D eigenvalue weighted by Crippen LogP contribution is -2.57. The van der Waals surface area contributed by atoms with Crippen molar-refractivity contribution < 1.29 is 19.4 Å². The number of carbonyl (C=O) groups is 2. The molecule has 5 nitrogen and oxygen atoms in total. The van der Waals surface area contributed by atoms with Crippen LogP contribution in [0.1, 0.15) is 36.3 Å². The van der Waals surface area contributed by atoms with Gasteiger partial charge in [0.25, 0.3) is 0 Å². The van der Waals surface area contributed by atoms with Crippen molar-refractivity contribution in [1.82, 2.24) is 4.90 Å². The zero-order chi connectivity index (χ0) is 19.3. The van der Waals surface area contributed by atoms with E-state index in [-0.39, 0.29) is 23.3 Å². The highest BCUT2D eigenvalue weighted by atomic mass is 16.6. The van der Waals surface area contributed by atoms with Crippen LogP contribution in [-0.2, 0) is 9.53 Å². The SMILES string of the molecule is O=C(O)C1CCC2(C1)CN(C(=O)OCC1c3ccccc3-c3ccccc31)C2. The lowest BCUT2D eigenvalue weighted by Gasteiger charge is -2.47. The molecule has 2 aliphatic carbocycles. The predicted octanol–water partition coefficient (Wildman–Crippen LogP) is 4.12. The highest BCUT2D eigenvalue weighted by Gasteiger charge is 2.51. The van der Waals surface area contributed by atoms with Gasteiger partial charge in [-0.15, -0.1) is 0 Å². The summed E-state index contributed by atoms with van der Waals surface area (Å²) in [7, 11) is 0. The molecule has 28 heavy (non-hydrogen) atoms. The van der Waals surface area contributed by atoms with Crippen molar-refractivity contribution in [2.24, 2.45) is 11.3 Å². The van der Waals surface area contributed by atoms with E-state index in [4.69, 9.17) is 4.74 Å². The first-order valence-electron chi connectivity index (χ1n) is 9.89. The molecule has 1 saturated carbocycles. The molecule has 1 amide bonds. The van der Waals surface area contributed by atoms with E-state index in [0.29, 0.717) is 32.5 Å². The molecule has 5 heteroatoms. The molecule has 0 bridgehead atoms. The van der Waals surface area contributed by atoms with Crippen molar-refractivity contribution in [2.75, 3.05) is 19.7 Å². The van der Waals surface area contributed by atoms with Crippen LogP contribution in [0.2, 0.25) is 0 Å². The van der Waals surface area contributed by atoms with E-state index in [1.165, 1.54) is 22.3 Å². The number of aliphatic carboxylic acids is 1. The van der Waals surface area contributed by atoms with Gasteiger partial charge in [0, 0.05) is 24.4 Å². The van der Waals surface area contributed by atoms with Gasteiger partial charge >= 0.3 is 12.1 Å². The Morgan fingerprint density at radius 3 is 2.21 bits per heavy atom. The van der Waals surface area contributed by atoms with Crippen molar-refractivity contribution in [3.63, 3.8) is 0 Å². The first kappa shape index (κ1) is 17.3. The monoisotopic (exact) mass is 377 g/mol. The first-order valence-corrected chi connectivity index (χ1v) is 9.89. The predicted molar refractivity (Wildman–Crippen MR) is 104 cm³/mol. The maximum Gasteiger partial charge on any atom is 0.409 e. The van der Waals surface area contributed by atoms with E-state index >= 15 is 0 Å². The summed E-state index contributed by atoms with van der Waals surface area (Å²) in [5, 5.41) is 9.20. The van der Waals surface area contributed by atoms with E-state index in [1.807, 2.05) is 24.3 Å². The molecule has 2 fully saturated rings. The summed E-state index contributed by atoms with van der Waals surface area (Å²) < 4.78 is 5.69. The summed E-state index contributed by atoms with van der Waals surface area (Å²) >= 11 is 0. The third-order valence-corrected chi connectivity index (χ3v) is 6.70. The molecular formula is C23H23NO4. The van der Waals surface area contributed by atoms with Gasteiger partial charge < -0.3 is 14.7 Å². The van der Waals surface area contributed by atoms with Gasteiger partial charge in [-0.3, -0.25) is 4.79 Å². The average Bonchev–Trinajstić information content (AvgIpc) is 3.26. The number of hydrogen-bond donors (Lipinski definition) is 1. The van der Waals surface area contributed by atoms with Crippen LogP contribution in [0.3, 0.4) is 0 Å². The smallest absolute Gasteiger partial charge is 0.409 e. The topological polar surface area (TPSA) is 66.8 Å². The molecule has 144 valence electrons. The number of carbonyl (C=O) groups excluding carboxylic acids is 1. The number of carboxylic acids is 1. The van der Waals surface area contributed by atoms with Gasteiger partial charge in [-0.1, -0.05) is 48.5 Å². The molecule has 1 unspecified atom stereocenters. The van der Waals surface area contributed by atoms with E-state index in [1.54, 1.807) is 4.90 Å². The summed E-state index contributed by atoms with van der Waals surface area (Å²) in [4.78, 5) is 25.5. The molecule has 1 N–H and O–H groups in total. The van der Waals surface area contributed by atoms with E-state index in [2.05, 4.69) is 24.3 Å². The third-order valence-electron chi connectivity index (χ3n) is 6.70. The fourth-order valence-electron chi connectivity index (χ4n) is 5.28. The maximum atomic E-state index is 12.5. The molecule has 5 rings (SSSR count). The summed E-state index contributed by atoms with van der Waals surface area (Å²) in [6.45, 7) is 1.56. The molecule has 1 atom stereocenters.